The first-order chi connectivity index (χ1) is 7.57. The molecule has 94 valence electrons. The summed E-state index contributed by atoms with van der Waals surface area (Å²) in [5, 5.41) is 9.78. The third kappa shape index (κ3) is 8.72. The van der Waals surface area contributed by atoms with Crippen LogP contribution in [0.1, 0.15) is 59.3 Å². The van der Waals surface area contributed by atoms with Crippen molar-refractivity contribution in [3.8, 4) is 0 Å². The summed E-state index contributed by atoms with van der Waals surface area (Å²) in [6, 6.07) is 0. The van der Waals surface area contributed by atoms with E-state index in [9.17, 15) is 5.11 Å². The zero-order valence-electron chi connectivity index (χ0n) is 11.2. The summed E-state index contributed by atoms with van der Waals surface area (Å²) in [7, 11) is 0. The zero-order valence-corrected chi connectivity index (χ0v) is 11.2. The van der Waals surface area contributed by atoms with Crippen LogP contribution >= 0.6 is 0 Å². The standard InChI is InChI=1S/C15H28O/c1-5-6-7-8-9-10-11-15(16)12-14(4)13(2)3/h9-10,14-16H,2,5-8,11-12H2,1,3-4H3. The van der Waals surface area contributed by atoms with E-state index in [1.165, 1.54) is 19.3 Å². The molecule has 0 saturated heterocycles. The van der Waals surface area contributed by atoms with E-state index in [1.54, 1.807) is 0 Å². The molecular weight excluding hydrogens is 196 g/mol. The highest BCUT2D eigenvalue weighted by molar-refractivity contribution is 4.95. The molecular formula is C15H28O. The molecule has 0 aliphatic rings. The van der Waals surface area contributed by atoms with E-state index in [-0.39, 0.29) is 6.10 Å². The molecule has 0 bridgehead atoms. The summed E-state index contributed by atoms with van der Waals surface area (Å²) in [5.41, 5.74) is 1.16. The van der Waals surface area contributed by atoms with Crippen LogP contribution in [0.2, 0.25) is 0 Å². The molecule has 16 heavy (non-hydrogen) atoms. The highest BCUT2D eigenvalue weighted by Crippen LogP contribution is 2.16. The molecule has 0 aromatic rings. The van der Waals surface area contributed by atoms with Crippen molar-refractivity contribution in [1.29, 1.82) is 0 Å². The average Bonchev–Trinajstić information content (AvgIpc) is 2.23. The maximum absolute atomic E-state index is 9.78. The predicted molar refractivity (Wildman–Crippen MR) is 72.5 cm³/mol. The lowest BCUT2D eigenvalue weighted by Crippen LogP contribution is -2.11. The van der Waals surface area contributed by atoms with Gasteiger partial charge in [-0.3, -0.25) is 0 Å². The Kier molecular flexibility index (Phi) is 9.31. The Hall–Kier alpha value is -0.560. The average molecular weight is 224 g/mol. The SMILES string of the molecule is C=C(C)C(C)CC(O)CC=CCCCCC. The van der Waals surface area contributed by atoms with Crippen molar-refractivity contribution in [2.75, 3.05) is 0 Å². The van der Waals surface area contributed by atoms with Crippen molar-refractivity contribution >= 4 is 0 Å². The van der Waals surface area contributed by atoms with Gasteiger partial charge in [0.1, 0.15) is 0 Å². The second-order valence-corrected chi connectivity index (χ2v) is 4.84. The molecule has 0 aromatic heterocycles. The van der Waals surface area contributed by atoms with Gasteiger partial charge in [0.15, 0.2) is 0 Å². The van der Waals surface area contributed by atoms with Gasteiger partial charge in [0.25, 0.3) is 0 Å². The fourth-order valence-electron chi connectivity index (χ4n) is 1.59. The minimum Gasteiger partial charge on any atom is -0.393 e. The first-order valence-electron chi connectivity index (χ1n) is 6.56. The molecule has 0 aromatic carbocycles. The Morgan fingerprint density at radius 3 is 2.56 bits per heavy atom. The monoisotopic (exact) mass is 224 g/mol. The largest absolute Gasteiger partial charge is 0.393 e. The van der Waals surface area contributed by atoms with Crippen molar-refractivity contribution < 1.29 is 5.11 Å². The number of aliphatic hydroxyl groups excluding tert-OH is 1. The number of rotatable bonds is 9. The molecule has 1 heteroatoms. The summed E-state index contributed by atoms with van der Waals surface area (Å²) < 4.78 is 0. The first-order valence-corrected chi connectivity index (χ1v) is 6.56. The van der Waals surface area contributed by atoms with Crippen LogP contribution in [0.25, 0.3) is 0 Å². The molecule has 0 spiro atoms. The lowest BCUT2D eigenvalue weighted by atomic mass is 9.96. The molecule has 0 saturated carbocycles. The predicted octanol–water partition coefficient (Wildman–Crippen LogP) is 4.48. The Balaban J connectivity index is 3.56. The normalized spacial score (nSPS) is 15.2. The number of allylic oxidation sites excluding steroid dienone is 2. The molecule has 0 rings (SSSR count). The minimum absolute atomic E-state index is 0.214. The van der Waals surface area contributed by atoms with E-state index in [0.29, 0.717) is 5.92 Å². The fraction of sp³-hybridized carbons (Fsp3) is 0.733. The lowest BCUT2D eigenvalue weighted by molar-refractivity contribution is 0.154. The maximum Gasteiger partial charge on any atom is 0.0580 e. The van der Waals surface area contributed by atoms with Crippen LogP contribution < -0.4 is 0 Å². The summed E-state index contributed by atoms with van der Waals surface area (Å²) in [5.74, 6) is 0.420. The van der Waals surface area contributed by atoms with Gasteiger partial charge in [-0.2, -0.15) is 0 Å². The maximum atomic E-state index is 9.78. The Labute approximate surface area is 101 Å². The molecule has 2 unspecified atom stereocenters. The third-order valence-corrected chi connectivity index (χ3v) is 3.02. The molecule has 1 nitrogen and oxygen atoms in total. The zero-order chi connectivity index (χ0) is 12.4. The molecule has 0 heterocycles. The highest BCUT2D eigenvalue weighted by Gasteiger charge is 2.08. The van der Waals surface area contributed by atoms with E-state index >= 15 is 0 Å². The molecule has 0 radical (unpaired) electrons. The molecule has 0 aliphatic heterocycles. The quantitative estimate of drug-likeness (QED) is 0.452. The van der Waals surface area contributed by atoms with Gasteiger partial charge >= 0.3 is 0 Å². The Morgan fingerprint density at radius 1 is 1.31 bits per heavy atom. The van der Waals surface area contributed by atoms with Gasteiger partial charge < -0.3 is 5.11 Å². The Bertz CT molecular complexity index is 205. The van der Waals surface area contributed by atoms with Crippen LogP contribution in [0.3, 0.4) is 0 Å². The van der Waals surface area contributed by atoms with Crippen molar-refractivity contribution in [2.45, 2.75) is 65.4 Å². The summed E-state index contributed by atoms with van der Waals surface area (Å²) in [6.45, 7) is 10.3. The van der Waals surface area contributed by atoms with E-state index in [0.717, 1.165) is 24.8 Å². The van der Waals surface area contributed by atoms with Gasteiger partial charge in [-0.25, -0.2) is 0 Å². The topological polar surface area (TPSA) is 20.2 Å². The van der Waals surface area contributed by atoms with Crippen LogP contribution in [-0.2, 0) is 0 Å². The van der Waals surface area contributed by atoms with Gasteiger partial charge in [0.05, 0.1) is 6.10 Å². The van der Waals surface area contributed by atoms with E-state index in [2.05, 4.69) is 32.6 Å². The van der Waals surface area contributed by atoms with Gasteiger partial charge in [-0.15, -0.1) is 0 Å². The highest BCUT2D eigenvalue weighted by atomic mass is 16.3. The summed E-state index contributed by atoms with van der Waals surface area (Å²) in [4.78, 5) is 0. The van der Waals surface area contributed by atoms with Crippen molar-refractivity contribution in [1.82, 2.24) is 0 Å². The molecule has 1 N–H and O–H groups in total. The Morgan fingerprint density at radius 2 is 2.00 bits per heavy atom. The molecule has 0 fully saturated rings. The number of unbranched alkanes of at least 4 members (excludes halogenated alkanes) is 3. The van der Waals surface area contributed by atoms with Crippen molar-refractivity contribution in [2.24, 2.45) is 5.92 Å². The number of aliphatic hydroxyl groups is 1. The first kappa shape index (κ1) is 15.4. The van der Waals surface area contributed by atoms with Gasteiger partial charge in [0, 0.05) is 0 Å². The summed E-state index contributed by atoms with van der Waals surface area (Å²) in [6.07, 6.45) is 10.7. The number of hydrogen-bond acceptors (Lipinski definition) is 1. The van der Waals surface area contributed by atoms with Crippen LogP contribution in [-0.4, -0.2) is 11.2 Å². The van der Waals surface area contributed by atoms with E-state index in [4.69, 9.17) is 0 Å². The van der Waals surface area contributed by atoms with E-state index in [1.807, 2.05) is 6.92 Å². The second-order valence-electron chi connectivity index (χ2n) is 4.84. The van der Waals surface area contributed by atoms with Crippen molar-refractivity contribution in [3.63, 3.8) is 0 Å². The van der Waals surface area contributed by atoms with Crippen molar-refractivity contribution in [3.05, 3.63) is 24.3 Å². The van der Waals surface area contributed by atoms with Crippen LogP contribution in [0.15, 0.2) is 24.3 Å². The van der Waals surface area contributed by atoms with Gasteiger partial charge in [-0.05, 0) is 38.5 Å². The second kappa shape index (κ2) is 9.65. The number of hydrogen-bond donors (Lipinski definition) is 1. The van der Waals surface area contributed by atoms with E-state index < -0.39 is 0 Å². The molecule has 0 aliphatic carbocycles. The van der Waals surface area contributed by atoms with Crippen LogP contribution in [0, 0.1) is 5.92 Å². The van der Waals surface area contributed by atoms with Gasteiger partial charge in [-0.1, -0.05) is 51.0 Å². The fourth-order valence-corrected chi connectivity index (χ4v) is 1.59. The van der Waals surface area contributed by atoms with Gasteiger partial charge in [0.2, 0.25) is 0 Å². The molecule has 0 amide bonds. The smallest absolute Gasteiger partial charge is 0.0580 e. The van der Waals surface area contributed by atoms with Crippen LogP contribution in [0.4, 0.5) is 0 Å². The lowest BCUT2D eigenvalue weighted by Gasteiger charge is -2.14. The summed E-state index contributed by atoms with van der Waals surface area (Å²) >= 11 is 0. The third-order valence-electron chi connectivity index (χ3n) is 3.02. The molecule has 2 atom stereocenters. The van der Waals surface area contributed by atoms with Crippen LogP contribution in [0.5, 0.6) is 0 Å². The minimum atomic E-state index is -0.214.